The fourth-order valence-electron chi connectivity index (χ4n) is 2.39. The van der Waals surface area contributed by atoms with E-state index in [1.54, 1.807) is 52.0 Å². The van der Waals surface area contributed by atoms with Gasteiger partial charge in [-0.3, -0.25) is 4.79 Å². The summed E-state index contributed by atoms with van der Waals surface area (Å²) >= 11 is 0. The van der Waals surface area contributed by atoms with E-state index in [2.05, 4.69) is 10.6 Å². The van der Waals surface area contributed by atoms with E-state index in [-0.39, 0.29) is 18.3 Å². The van der Waals surface area contributed by atoms with E-state index in [0.717, 1.165) is 11.1 Å². The van der Waals surface area contributed by atoms with Crippen molar-refractivity contribution in [3.63, 3.8) is 0 Å². The van der Waals surface area contributed by atoms with Crippen LogP contribution < -0.4 is 15.4 Å². The van der Waals surface area contributed by atoms with E-state index in [1.807, 2.05) is 12.1 Å². The molecule has 0 saturated heterocycles. The van der Waals surface area contributed by atoms with Crippen molar-refractivity contribution in [3.05, 3.63) is 65.5 Å². The van der Waals surface area contributed by atoms with Crippen LogP contribution >= 0.6 is 0 Å². The first-order chi connectivity index (χ1) is 13.6. The van der Waals surface area contributed by atoms with Crippen molar-refractivity contribution in [1.29, 1.82) is 0 Å². The Morgan fingerprint density at radius 2 is 1.76 bits per heavy atom. The SMILES string of the molecule is C[C@@H](NC(=O)OC(C)(C)C)C(=O)NCc1ccc(OCc2cccc(F)c2)cc1. The second-order valence-electron chi connectivity index (χ2n) is 7.65. The number of ether oxygens (including phenoxy) is 2. The van der Waals surface area contributed by atoms with Crippen LogP contribution in [-0.2, 0) is 22.7 Å². The summed E-state index contributed by atoms with van der Waals surface area (Å²) in [6, 6.07) is 12.7. The van der Waals surface area contributed by atoms with Gasteiger partial charge in [0.1, 0.15) is 29.8 Å². The third-order valence-electron chi connectivity index (χ3n) is 3.81. The van der Waals surface area contributed by atoms with Crippen molar-refractivity contribution < 1.29 is 23.5 Å². The molecule has 0 aliphatic heterocycles. The highest BCUT2D eigenvalue weighted by Gasteiger charge is 2.20. The van der Waals surface area contributed by atoms with Gasteiger partial charge in [0.05, 0.1) is 0 Å². The fraction of sp³-hybridized carbons (Fsp3) is 0.364. The van der Waals surface area contributed by atoms with Gasteiger partial charge in [-0.1, -0.05) is 24.3 Å². The van der Waals surface area contributed by atoms with Gasteiger partial charge >= 0.3 is 6.09 Å². The molecule has 0 saturated carbocycles. The number of rotatable bonds is 7. The Balaban J connectivity index is 1.77. The highest BCUT2D eigenvalue weighted by molar-refractivity contribution is 5.85. The minimum atomic E-state index is -0.723. The topological polar surface area (TPSA) is 76.7 Å². The molecule has 2 amide bonds. The molecule has 2 N–H and O–H groups in total. The Morgan fingerprint density at radius 1 is 1.07 bits per heavy atom. The molecule has 2 aromatic carbocycles. The summed E-state index contributed by atoms with van der Waals surface area (Å²) in [5.41, 5.74) is 0.993. The maximum atomic E-state index is 13.2. The highest BCUT2D eigenvalue weighted by atomic mass is 19.1. The Morgan fingerprint density at radius 3 is 2.38 bits per heavy atom. The molecule has 7 heteroatoms. The summed E-state index contributed by atoms with van der Waals surface area (Å²) in [5, 5.41) is 5.26. The number of carbonyl (C=O) groups excluding carboxylic acids is 2. The third-order valence-corrected chi connectivity index (χ3v) is 3.81. The number of nitrogens with one attached hydrogen (secondary N) is 2. The van der Waals surface area contributed by atoms with Gasteiger partial charge in [0.25, 0.3) is 0 Å². The first-order valence-corrected chi connectivity index (χ1v) is 9.36. The lowest BCUT2D eigenvalue weighted by Gasteiger charge is -2.21. The summed E-state index contributed by atoms with van der Waals surface area (Å²) in [6.45, 7) is 7.42. The van der Waals surface area contributed by atoms with Gasteiger partial charge in [0, 0.05) is 6.54 Å². The zero-order valence-electron chi connectivity index (χ0n) is 17.1. The van der Waals surface area contributed by atoms with E-state index < -0.39 is 17.7 Å². The number of hydrogen-bond donors (Lipinski definition) is 2. The van der Waals surface area contributed by atoms with Crippen LogP contribution in [0.2, 0.25) is 0 Å². The molecular weight excluding hydrogens is 375 g/mol. The van der Waals surface area contributed by atoms with Crippen LogP contribution in [0.4, 0.5) is 9.18 Å². The quantitative estimate of drug-likeness (QED) is 0.736. The van der Waals surface area contributed by atoms with Gasteiger partial charge in [-0.25, -0.2) is 9.18 Å². The first kappa shape index (κ1) is 22.2. The average molecular weight is 402 g/mol. The molecule has 2 aromatic rings. The minimum absolute atomic E-state index is 0.266. The molecule has 156 valence electrons. The zero-order chi connectivity index (χ0) is 21.4. The Bertz CT molecular complexity index is 831. The molecule has 0 bridgehead atoms. The second-order valence-corrected chi connectivity index (χ2v) is 7.65. The molecule has 2 rings (SSSR count). The zero-order valence-corrected chi connectivity index (χ0v) is 17.1. The van der Waals surface area contributed by atoms with Gasteiger partial charge in [0.2, 0.25) is 5.91 Å². The fourth-order valence-corrected chi connectivity index (χ4v) is 2.39. The molecule has 0 heterocycles. The van der Waals surface area contributed by atoms with E-state index in [0.29, 0.717) is 12.3 Å². The smallest absolute Gasteiger partial charge is 0.408 e. The van der Waals surface area contributed by atoms with Crippen molar-refractivity contribution in [2.45, 2.75) is 52.5 Å². The maximum Gasteiger partial charge on any atom is 0.408 e. The standard InChI is InChI=1S/C22H27FN2O4/c1-15(25-21(27)29-22(2,3)4)20(26)24-13-16-8-10-19(11-9-16)28-14-17-6-5-7-18(23)12-17/h5-12,15H,13-14H2,1-4H3,(H,24,26)(H,25,27)/t15-/m1/s1. The monoisotopic (exact) mass is 402 g/mol. The minimum Gasteiger partial charge on any atom is -0.489 e. The largest absolute Gasteiger partial charge is 0.489 e. The molecule has 0 aromatic heterocycles. The van der Waals surface area contributed by atoms with Crippen molar-refractivity contribution in [3.8, 4) is 5.75 Å². The van der Waals surface area contributed by atoms with Crippen molar-refractivity contribution >= 4 is 12.0 Å². The molecule has 29 heavy (non-hydrogen) atoms. The number of benzene rings is 2. The summed E-state index contributed by atoms with van der Waals surface area (Å²) < 4.78 is 23.9. The van der Waals surface area contributed by atoms with Crippen molar-refractivity contribution in [2.75, 3.05) is 0 Å². The summed E-state index contributed by atoms with van der Waals surface area (Å²) in [5.74, 6) is 0.0270. The lowest BCUT2D eigenvalue weighted by atomic mass is 10.2. The van der Waals surface area contributed by atoms with Gasteiger partial charge in [-0.05, 0) is 63.1 Å². The van der Waals surface area contributed by atoms with Gasteiger partial charge in [-0.15, -0.1) is 0 Å². The first-order valence-electron chi connectivity index (χ1n) is 9.36. The van der Waals surface area contributed by atoms with Crippen LogP contribution in [0.1, 0.15) is 38.8 Å². The molecule has 6 nitrogen and oxygen atoms in total. The van der Waals surface area contributed by atoms with Crippen LogP contribution in [-0.4, -0.2) is 23.6 Å². The third kappa shape index (κ3) is 8.21. The number of amides is 2. The molecule has 0 aliphatic carbocycles. The predicted molar refractivity (Wildman–Crippen MR) is 108 cm³/mol. The van der Waals surface area contributed by atoms with Crippen molar-refractivity contribution in [2.24, 2.45) is 0 Å². The van der Waals surface area contributed by atoms with Crippen LogP contribution in [0.5, 0.6) is 5.75 Å². The Hall–Kier alpha value is -3.09. The van der Waals surface area contributed by atoms with Crippen LogP contribution in [0.25, 0.3) is 0 Å². The van der Waals surface area contributed by atoms with Crippen LogP contribution in [0, 0.1) is 5.82 Å². The molecule has 1 atom stereocenters. The van der Waals surface area contributed by atoms with E-state index in [4.69, 9.17) is 9.47 Å². The van der Waals surface area contributed by atoms with Crippen LogP contribution in [0.15, 0.2) is 48.5 Å². The predicted octanol–water partition coefficient (Wildman–Crippen LogP) is 3.93. The van der Waals surface area contributed by atoms with E-state index >= 15 is 0 Å². The molecule has 0 spiro atoms. The number of alkyl carbamates (subject to hydrolysis) is 1. The molecule has 0 fully saturated rings. The number of carbonyl (C=O) groups is 2. The lowest BCUT2D eigenvalue weighted by Crippen LogP contribution is -2.46. The van der Waals surface area contributed by atoms with Gasteiger partial charge in [-0.2, -0.15) is 0 Å². The van der Waals surface area contributed by atoms with E-state index in [9.17, 15) is 14.0 Å². The molecule has 0 radical (unpaired) electrons. The number of halogens is 1. The highest BCUT2D eigenvalue weighted by Crippen LogP contribution is 2.15. The Labute approximate surface area is 170 Å². The summed E-state index contributed by atoms with van der Waals surface area (Å²) in [6.07, 6.45) is -0.639. The average Bonchev–Trinajstić information content (AvgIpc) is 2.63. The van der Waals surface area contributed by atoms with Gasteiger partial charge in [0.15, 0.2) is 0 Å². The molecular formula is C22H27FN2O4. The number of hydrogen-bond acceptors (Lipinski definition) is 4. The van der Waals surface area contributed by atoms with Crippen LogP contribution in [0.3, 0.4) is 0 Å². The summed E-state index contributed by atoms with van der Waals surface area (Å²) in [7, 11) is 0. The van der Waals surface area contributed by atoms with E-state index in [1.165, 1.54) is 12.1 Å². The lowest BCUT2D eigenvalue weighted by molar-refractivity contribution is -0.122. The molecule has 0 unspecified atom stereocenters. The normalized spacial score (nSPS) is 12.0. The summed E-state index contributed by atoms with van der Waals surface area (Å²) in [4.78, 5) is 23.9. The van der Waals surface area contributed by atoms with Crippen molar-refractivity contribution in [1.82, 2.24) is 10.6 Å². The van der Waals surface area contributed by atoms with Gasteiger partial charge < -0.3 is 20.1 Å². The second kappa shape index (κ2) is 9.91. The molecule has 0 aliphatic rings. The Kier molecular flexibility index (Phi) is 7.59. The maximum absolute atomic E-state index is 13.2.